The first kappa shape index (κ1) is 29.3. The van der Waals surface area contributed by atoms with Crippen molar-refractivity contribution in [3.05, 3.63) is 87.9 Å². The first-order valence-electron chi connectivity index (χ1n) is 12.4. The number of hydrogen-bond donors (Lipinski definition) is 5. The largest absolute Gasteiger partial charge is 0.444 e. The lowest BCUT2D eigenvalue weighted by atomic mass is 10.1. The van der Waals surface area contributed by atoms with Crippen LogP contribution in [0.2, 0.25) is 0 Å². The van der Waals surface area contributed by atoms with Gasteiger partial charge < -0.3 is 27.3 Å². The number of nitrogens with zero attached hydrogens (tertiary/aromatic N) is 2. The van der Waals surface area contributed by atoms with E-state index < -0.39 is 23.9 Å². The van der Waals surface area contributed by atoms with Crippen LogP contribution in [0.3, 0.4) is 0 Å². The number of primary amides is 1. The molecule has 0 aliphatic heterocycles. The molecule has 0 saturated heterocycles. The fourth-order valence-electron chi connectivity index (χ4n) is 3.57. The van der Waals surface area contributed by atoms with Gasteiger partial charge in [-0.25, -0.2) is 9.78 Å². The fraction of sp³-hybridized carbons (Fsp3) is 0.296. The molecule has 0 aliphatic rings. The number of amides is 3. The van der Waals surface area contributed by atoms with E-state index in [1.807, 2.05) is 60.7 Å². The molecule has 11 nitrogen and oxygen atoms in total. The summed E-state index contributed by atoms with van der Waals surface area (Å²) in [4.78, 5) is 44.8. The van der Waals surface area contributed by atoms with E-state index in [9.17, 15) is 14.4 Å². The number of nitrogens with two attached hydrogens (primary N) is 3. The molecule has 1 aromatic heterocycles. The molecule has 39 heavy (non-hydrogen) atoms. The SMILES string of the molecule is NC(=O)C(Cc1ccccc1)NC(=O)c1csc(C(N)CCCCN=C(N)NC(=O)OCc2ccccc2)n1. The lowest BCUT2D eigenvalue weighted by molar-refractivity contribution is -0.119. The average molecular weight is 552 g/mol. The Balaban J connectivity index is 1.37. The first-order chi connectivity index (χ1) is 18.8. The van der Waals surface area contributed by atoms with E-state index in [1.165, 1.54) is 11.3 Å². The van der Waals surface area contributed by atoms with Gasteiger partial charge in [-0.15, -0.1) is 11.3 Å². The van der Waals surface area contributed by atoms with Gasteiger partial charge in [0.15, 0.2) is 5.96 Å². The number of alkyl carbamates (subject to hydrolysis) is 1. The average Bonchev–Trinajstić information content (AvgIpc) is 3.43. The number of thiazole rings is 1. The number of aromatic nitrogens is 1. The number of benzene rings is 2. The predicted octanol–water partition coefficient (Wildman–Crippen LogP) is 2.38. The number of hydrogen-bond acceptors (Lipinski definition) is 8. The topological polar surface area (TPSA) is 188 Å². The van der Waals surface area contributed by atoms with Crippen molar-refractivity contribution in [2.45, 2.75) is 44.4 Å². The Bertz CT molecular complexity index is 1250. The zero-order chi connectivity index (χ0) is 28.0. The molecule has 2 aromatic carbocycles. The van der Waals surface area contributed by atoms with Crippen molar-refractivity contribution in [3.63, 3.8) is 0 Å². The molecular weight excluding hydrogens is 518 g/mol. The molecule has 3 rings (SSSR count). The molecule has 0 aliphatic carbocycles. The van der Waals surface area contributed by atoms with Crippen LogP contribution in [0, 0.1) is 0 Å². The van der Waals surface area contributed by atoms with Gasteiger partial charge in [-0.3, -0.25) is 19.9 Å². The van der Waals surface area contributed by atoms with Crippen molar-refractivity contribution in [1.29, 1.82) is 0 Å². The van der Waals surface area contributed by atoms with Crippen LogP contribution in [-0.2, 0) is 22.6 Å². The summed E-state index contributed by atoms with van der Waals surface area (Å²) in [5, 5.41) is 7.27. The minimum absolute atomic E-state index is 0.0190. The van der Waals surface area contributed by atoms with E-state index in [2.05, 4.69) is 20.6 Å². The van der Waals surface area contributed by atoms with Crippen molar-refractivity contribution in [3.8, 4) is 0 Å². The Hall–Kier alpha value is -4.29. The molecule has 0 radical (unpaired) electrons. The summed E-state index contributed by atoms with van der Waals surface area (Å²) in [7, 11) is 0. The highest BCUT2D eigenvalue weighted by molar-refractivity contribution is 7.09. The second kappa shape index (κ2) is 15.2. The molecule has 0 spiro atoms. The summed E-state index contributed by atoms with van der Waals surface area (Å²) in [5.41, 5.74) is 19.4. The van der Waals surface area contributed by atoms with E-state index in [0.29, 0.717) is 24.4 Å². The van der Waals surface area contributed by atoms with Gasteiger partial charge in [-0.1, -0.05) is 60.7 Å². The molecule has 12 heteroatoms. The van der Waals surface area contributed by atoms with Crippen molar-refractivity contribution in [2.75, 3.05) is 6.54 Å². The monoisotopic (exact) mass is 551 g/mol. The summed E-state index contributed by atoms with van der Waals surface area (Å²) < 4.78 is 5.10. The Morgan fingerprint density at radius 2 is 1.64 bits per heavy atom. The molecule has 3 aromatic rings. The molecule has 8 N–H and O–H groups in total. The van der Waals surface area contributed by atoms with Crippen LogP contribution in [0.5, 0.6) is 0 Å². The van der Waals surface area contributed by atoms with E-state index >= 15 is 0 Å². The van der Waals surface area contributed by atoms with Gasteiger partial charge in [0.25, 0.3) is 5.91 Å². The zero-order valence-corrected chi connectivity index (χ0v) is 22.2. The number of ether oxygens (including phenoxy) is 1. The number of rotatable bonds is 13. The quantitative estimate of drug-likeness (QED) is 0.122. The van der Waals surface area contributed by atoms with Crippen LogP contribution in [-0.4, -0.2) is 41.4 Å². The van der Waals surface area contributed by atoms with Crippen LogP contribution >= 0.6 is 11.3 Å². The van der Waals surface area contributed by atoms with Crippen LogP contribution in [0.1, 0.15) is 51.9 Å². The highest BCUT2D eigenvalue weighted by atomic mass is 32.1. The third-order valence-electron chi connectivity index (χ3n) is 5.65. The molecular formula is C27H33N7O4S. The molecule has 2 unspecified atom stereocenters. The van der Waals surface area contributed by atoms with Crippen LogP contribution in [0.4, 0.5) is 4.79 Å². The highest BCUT2D eigenvalue weighted by Gasteiger charge is 2.22. The molecule has 2 atom stereocenters. The minimum atomic E-state index is -0.855. The summed E-state index contributed by atoms with van der Waals surface area (Å²) in [5.74, 6) is -1.12. The molecule has 1 heterocycles. The highest BCUT2D eigenvalue weighted by Crippen LogP contribution is 2.21. The normalized spacial score (nSPS) is 12.8. The first-order valence-corrected chi connectivity index (χ1v) is 13.3. The summed E-state index contributed by atoms with van der Waals surface area (Å²) >= 11 is 1.28. The van der Waals surface area contributed by atoms with Crippen LogP contribution < -0.4 is 27.8 Å². The number of carbonyl (C=O) groups is 3. The van der Waals surface area contributed by atoms with Crippen molar-refractivity contribution in [2.24, 2.45) is 22.2 Å². The maximum atomic E-state index is 12.7. The van der Waals surface area contributed by atoms with Gasteiger partial charge in [0, 0.05) is 18.3 Å². The summed E-state index contributed by atoms with van der Waals surface area (Å²) in [6.07, 6.45) is 1.66. The maximum Gasteiger partial charge on any atom is 0.414 e. The molecule has 0 bridgehead atoms. The number of guanidine groups is 1. The Morgan fingerprint density at radius 3 is 2.31 bits per heavy atom. The second-order valence-corrected chi connectivity index (χ2v) is 9.63. The van der Waals surface area contributed by atoms with Gasteiger partial charge in [0.2, 0.25) is 5.91 Å². The minimum Gasteiger partial charge on any atom is -0.444 e. The molecule has 3 amide bonds. The van der Waals surface area contributed by atoms with Gasteiger partial charge in [0.05, 0.1) is 6.04 Å². The summed E-state index contributed by atoms with van der Waals surface area (Å²) in [6, 6.07) is 17.4. The zero-order valence-electron chi connectivity index (χ0n) is 21.4. The van der Waals surface area contributed by atoms with Gasteiger partial charge in [-0.2, -0.15) is 0 Å². The van der Waals surface area contributed by atoms with Gasteiger partial charge in [0.1, 0.15) is 23.4 Å². The number of carbonyl (C=O) groups excluding carboxylic acids is 3. The third-order valence-corrected chi connectivity index (χ3v) is 6.63. The smallest absolute Gasteiger partial charge is 0.414 e. The third kappa shape index (κ3) is 10.2. The lowest BCUT2D eigenvalue weighted by Gasteiger charge is -2.15. The van der Waals surface area contributed by atoms with Crippen LogP contribution in [0.15, 0.2) is 71.0 Å². The Kier molecular flexibility index (Phi) is 11.4. The number of unbranched alkanes of at least 4 members (excludes halogenated alkanes) is 1. The van der Waals surface area contributed by atoms with Gasteiger partial charge >= 0.3 is 6.09 Å². The Labute approximate surface area is 230 Å². The van der Waals surface area contributed by atoms with Crippen molar-refractivity contribution in [1.82, 2.24) is 15.6 Å². The standard InChI is InChI=1S/C27H33N7O4S/c28-20(13-7-8-14-31-26(30)34-27(37)38-16-19-11-5-2-6-12-19)25-33-22(17-39-25)24(36)32-21(23(29)35)15-18-9-3-1-4-10-18/h1-6,9-12,17,20-21H,7-8,13-16,28H2,(H2,29,35)(H,32,36)(H3,30,31,34,37). The van der Waals surface area contributed by atoms with Gasteiger partial charge in [-0.05, 0) is 30.4 Å². The molecule has 206 valence electrons. The number of nitrogens with one attached hydrogen (secondary N) is 2. The van der Waals surface area contributed by atoms with E-state index in [0.717, 1.165) is 17.5 Å². The lowest BCUT2D eigenvalue weighted by Crippen LogP contribution is -2.46. The molecule has 0 fully saturated rings. The van der Waals surface area contributed by atoms with Crippen molar-refractivity contribution >= 4 is 35.2 Å². The molecule has 0 saturated carbocycles. The van der Waals surface area contributed by atoms with Crippen LogP contribution in [0.25, 0.3) is 0 Å². The summed E-state index contributed by atoms with van der Waals surface area (Å²) in [6.45, 7) is 0.538. The number of aliphatic imine (C=N–C) groups is 1. The maximum absolute atomic E-state index is 12.7. The van der Waals surface area contributed by atoms with Crippen molar-refractivity contribution < 1.29 is 19.1 Å². The van der Waals surface area contributed by atoms with E-state index in [1.54, 1.807) is 5.38 Å². The Morgan fingerprint density at radius 1 is 0.974 bits per heavy atom. The predicted molar refractivity (Wildman–Crippen MR) is 150 cm³/mol. The van der Waals surface area contributed by atoms with E-state index in [4.69, 9.17) is 21.9 Å². The van der Waals surface area contributed by atoms with E-state index in [-0.39, 0.29) is 30.7 Å². The second-order valence-electron chi connectivity index (χ2n) is 8.75. The fourth-order valence-corrected chi connectivity index (χ4v) is 4.41.